The van der Waals surface area contributed by atoms with Gasteiger partial charge in [0.15, 0.2) is 0 Å². The van der Waals surface area contributed by atoms with Crippen LogP contribution in [0.15, 0.2) is 28.0 Å². The van der Waals surface area contributed by atoms with Gasteiger partial charge in [-0.1, -0.05) is 63.2 Å². The highest BCUT2D eigenvalue weighted by Crippen LogP contribution is 2.35. The Kier molecular flexibility index (Phi) is 7.54. The molecule has 0 N–H and O–H groups in total. The minimum Gasteiger partial charge on any atom is -0.356 e. The van der Waals surface area contributed by atoms with Crippen molar-refractivity contribution in [3.8, 4) is 0 Å². The maximum absolute atomic E-state index is 13.5. The van der Waals surface area contributed by atoms with Gasteiger partial charge in [0.1, 0.15) is 15.8 Å². The third kappa shape index (κ3) is 5.01. The van der Waals surface area contributed by atoms with Gasteiger partial charge in [0.05, 0.1) is 10.5 Å². The van der Waals surface area contributed by atoms with E-state index in [1.165, 1.54) is 11.8 Å². The number of thiocarbonyl (C=S) groups is 1. The number of thioether (sulfide) groups is 1. The molecule has 0 saturated carbocycles. The molecule has 0 radical (unpaired) electrons. The molecule has 2 aliphatic rings. The lowest BCUT2D eigenvalue weighted by Gasteiger charge is -2.22. The number of hydrogen-bond donors (Lipinski definition) is 0. The monoisotopic (exact) mass is 484 g/mol. The molecule has 8 heteroatoms. The molecule has 1 unspecified atom stereocenters. The van der Waals surface area contributed by atoms with Gasteiger partial charge in [-0.25, -0.2) is 4.98 Å². The molecule has 0 bridgehead atoms. The molecule has 2 aliphatic heterocycles. The Morgan fingerprint density at radius 3 is 2.67 bits per heavy atom. The minimum atomic E-state index is -0.148. The lowest BCUT2D eigenvalue weighted by atomic mass is 9.99. The van der Waals surface area contributed by atoms with Crippen molar-refractivity contribution in [1.29, 1.82) is 0 Å². The van der Waals surface area contributed by atoms with E-state index >= 15 is 0 Å². The summed E-state index contributed by atoms with van der Waals surface area (Å²) >= 11 is 6.87. The van der Waals surface area contributed by atoms with Crippen molar-refractivity contribution < 1.29 is 4.79 Å². The third-order valence-corrected chi connectivity index (χ3v) is 7.90. The summed E-state index contributed by atoms with van der Waals surface area (Å²) in [5.74, 6) is 1.00. The molecule has 4 heterocycles. The second kappa shape index (κ2) is 10.4. The van der Waals surface area contributed by atoms with Crippen LogP contribution < -0.4 is 10.5 Å². The molecule has 33 heavy (non-hydrogen) atoms. The number of nitrogens with zero attached hydrogens (tertiary/aromatic N) is 4. The lowest BCUT2D eigenvalue weighted by Crippen LogP contribution is -2.33. The summed E-state index contributed by atoms with van der Waals surface area (Å²) in [7, 11) is 0. The minimum absolute atomic E-state index is 0.0962. The van der Waals surface area contributed by atoms with Crippen LogP contribution in [0.25, 0.3) is 11.7 Å². The van der Waals surface area contributed by atoms with Gasteiger partial charge in [-0.3, -0.25) is 18.9 Å². The Hall–Kier alpha value is -2.19. The van der Waals surface area contributed by atoms with Gasteiger partial charge in [-0.15, -0.1) is 0 Å². The molecule has 2 aromatic rings. The van der Waals surface area contributed by atoms with Gasteiger partial charge < -0.3 is 4.90 Å². The van der Waals surface area contributed by atoms with Gasteiger partial charge in [0.25, 0.3) is 11.5 Å². The first-order chi connectivity index (χ1) is 15.9. The fourth-order valence-electron chi connectivity index (χ4n) is 4.51. The van der Waals surface area contributed by atoms with Crippen molar-refractivity contribution in [2.24, 2.45) is 5.92 Å². The lowest BCUT2D eigenvalue weighted by molar-refractivity contribution is -0.122. The van der Waals surface area contributed by atoms with Crippen LogP contribution in [0.1, 0.15) is 63.5 Å². The molecule has 0 spiro atoms. The highest BCUT2D eigenvalue weighted by molar-refractivity contribution is 8.26. The number of amides is 1. The van der Waals surface area contributed by atoms with Crippen molar-refractivity contribution in [3.05, 3.63) is 44.7 Å². The Labute approximate surface area is 205 Å². The summed E-state index contributed by atoms with van der Waals surface area (Å²) in [6.45, 7) is 8.68. The first-order valence-electron chi connectivity index (χ1n) is 12.0. The highest BCUT2D eigenvalue weighted by atomic mass is 32.2. The van der Waals surface area contributed by atoms with E-state index in [4.69, 9.17) is 17.2 Å². The van der Waals surface area contributed by atoms with Crippen LogP contribution in [0.4, 0.5) is 5.82 Å². The molecule has 2 fully saturated rings. The topological polar surface area (TPSA) is 57.9 Å². The molecule has 1 amide bonds. The van der Waals surface area contributed by atoms with Crippen molar-refractivity contribution in [2.45, 2.75) is 59.3 Å². The SMILES string of the molecule is CCCCC(CC)CN1C(=O)/C(=C\c2c(N3CCCC3)nc3ccc(C)cn3c2=O)SC1=S. The number of carbonyl (C=O) groups is 1. The number of pyridine rings is 1. The van der Waals surface area contributed by atoms with E-state index in [2.05, 4.69) is 18.7 Å². The van der Waals surface area contributed by atoms with Crippen molar-refractivity contribution in [2.75, 3.05) is 24.5 Å². The summed E-state index contributed by atoms with van der Waals surface area (Å²) in [6.07, 6.45) is 10.1. The molecule has 176 valence electrons. The number of aryl methyl sites for hydroxylation is 1. The number of anilines is 1. The molecular weight excluding hydrogens is 452 g/mol. The molecular formula is C25H32N4O2S2. The van der Waals surface area contributed by atoms with Gasteiger partial charge in [-0.2, -0.15) is 0 Å². The fraction of sp³-hybridized carbons (Fsp3) is 0.520. The fourth-order valence-corrected chi connectivity index (χ4v) is 5.76. The van der Waals surface area contributed by atoms with Gasteiger partial charge in [0.2, 0.25) is 0 Å². The average Bonchev–Trinajstić information content (AvgIpc) is 3.43. The molecule has 0 aromatic carbocycles. The predicted octanol–water partition coefficient (Wildman–Crippen LogP) is 5.02. The zero-order valence-electron chi connectivity index (χ0n) is 19.7. The average molecular weight is 485 g/mol. The summed E-state index contributed by atoms with van der Waals surface area (Å²) in [6, 6.07) is 3.84. The van der Waals surface area contributed by atoms with E-state index in [-0.39, 0.29) is 11.5 Å². The predicted molar refractivity (Wildman–Crippen MR) is 141 cm³/mol. The highest BCUT2D eigenvalue weighted by Gasteiger charge is 2.34. The van der Waals surface area contributed by atoms with E-state index in [1.54, 1.807) is 21.6 Å². The maximum atomic E-state index is 13.5. The molecule has 1 atom stereocenters. The zero-order chi connectivity index (χ0) is 23.5. The molecule has 0 aliphatic carbocycles. The quantitative estimate of drug-likeness (QED) is 0.387. The number of aromatic nitrogens is 2. The Morgan fingerprint density at radius 2 is 1.97 bits per heavy atom. The van der Waals surface area contributed by atoms with Gasteiger partial charge in [-0.05, 0) is 49.8 Å². The van der Waals surface area contributed by atoms with Crippen LogP contribution >= 0.6 is 24.0 Å². The summed E-state index contributed by atoms with van der Waals surface area (Å²) in [5.41, 5.74) is 1.93. The smallest absolute Gasteiger partial charge is 0.267 e. The number of hydrogen-bond acceptors (Lipinski definition) is 6. The molecule has 2 aromatic heterocycles. The standard InChI is InChI=1S/C25H32N4O2S2/c1-4-6-9-18(5-2)16-29-24(31)20(33-25(29)32)14-19-22(27-12-7-8-13-27)26-21-11-10-17(3)15-28(21)23(19)30/h10-11,14-15,18H,4-9,12-13,16H2,1-3H3/b20-14+. The third-order valence-electron chi connectivity index (χ3n) is 6.52. The number of rotatable bonds is 8. The second-order valence-electron chi connectivity index (χ2n) is 8.99. The van der Waals surface area contributed by atoms with Crippen LogP contribution in [-0.2, 0) is 4.79 Å². The van der Waals surface area contributed by atoms with E-state index < -0.39 is 0 Å². The van der Waals surface area contributed by atoms with Crippen LogP contribution in [0.5, 0.6) is 0 Å². The van der Waals surface area contributed by atoms with Crippen molar-refractivity contribution in [3.63, 3.8) is 0 Å². The number of unbranched alkanes of at least 4 members (excludes halogenated alkanes) is 1. The van der Waals surface area contributed by atoms with Crippen LogP contribution in [-0.4, -0.2) is 44.1 Å². The Morgan fingerprint density at radius 1 is 1.21 bits per heavy atom. The van der Waals surface area contributed by atoms with Crippen molar-refractivity contribution in [1.82, 2.24) is 14.3 Å². The first-order valence-corrected chi connectivity index (χ1v) is 13.2. The van der Waals surface area contributed by atoms with Gasteiger partial charge in [0, 0.05) is 25.8 Å². The van der Waals surface area contributed by atoms with E-state index in [9.17, 15) is 9.59 Å². The Balaban J connectivity index is 1.72. The zero-order valence-corrected chi connectivity index (χ0v) is 21.3. The number of carbonyl (C=O) groups excluding carboxylic acids is 1. The van der Waals surface area contributed by atoms with E-state index in [0.29, 0.717) is 38.7 Å². The summed E-state index contributed by atoms with van der Waals surface area (Å²) in [4.78, 5) is 36.1. The van der Waals surface area contributed by atoms with Gasteiger partial charge >= 0.3 is 0 Å². The molecule has 4 rings (SSSR count). The van der Waals surface area contributed by atoms with E-state index in [1.807, 2.05) is 19.1 Å². The summed E-state index contributed by atoms with van der Waals surface area (Å²) < 4.78 is 2.16. The summed E-state index contributed by atoms with van der Waals surface area (Å²) in [5, 5.41) is 0. The van der Waals surface area contributed by atoms with Crippen LogP contribution in [0.2, 0.25) is 0 Å². The molecule has 6 nitrogen and oxygen atoms in total. The van der Waals surface area contributed by atoms with Crippen molar-refractivity contribution >= 4 is 51.7 Å². The first kappa shape index (κ1) is 24.0. The Bertz CT molecular complexity index is 1150. The normalized spacial score (nSPS) is 18.8. The van der Waals surface area contributed by atoms with Crippen LogP contribution in [0.3, 0.4) is 0 Å². The second-order valence-corrected chi connectivity index (χ2v) is 10.7. The largest absolute Gasteiger partial charge is 0.356 e. The number of fused-ring (bicyclic) bond motifs is 1. The van der Waals surface area contributed by atoms with E-state index in [0.717, 1.165) is 57.2 Å². The van der Waals surface area contributed by atoms with Crippen LogP contribution in [0, 0.1) is 12.8 Å². The maximum Gasteiger partial charge on any atom is 0.267 e. The molecule has 2 saturated heterocycles.